The van der Waals surface area contributed by atoms with Gasteiger partial charge in [-0.15, -0.1) is 0 Å². The van der Waals surface area contributed by atoms with E-state index in [-0.39, 0.29) is 11.3 Å². The average molecular weight is 197 g/mol. The highest BCUT2D eigenvalue weighted by molar-refractivity contribution is 5.89. The van der Waals surface area contributed by atoms with E-state index < -0.39 is 11.6 Å². The van der Waals surface area contributed by atoms with Gasteiger partial charge in [-0.25, -0.2) is 9.18 Å². The molecule has 0 amide bonds. The zero-order chi connectivity index (χ0) is 10.9. The Balaban J connectivity index is 3.21. The van der Waals surface area contributed by atoms with Crippen molar-refractivity contribution in [2.75, 3.05) is 5.73 Å². The summed E-state index contributed by atoms with van der Waals surface area (Å²) in [7, 11) is 0. The fraction of sp³-hybridized carbons (Fsp3) is 0.300. The first-order valence-electron chi connectivity index (χ1n) is 4.14. The van der Waals surface area contributed by atoms with Gasteiger partial charge in [-0.05, 0) is 26.0 Å². The van der Waals surface area contributed by atoms with Crippen molar-refractivity contribution in [2.45, 2.75) is 19.5 Å². The topological polar surface area (TPSA) is 63.3 Å². The van der Waals surface area contributed by atoms with Crippen LogP contribution in [-0.4, -0.2) is 11.1 Å². The lowest BCUT2D eigenvalue weighted by molar-refractivity contribution is 0.0696. The zero-order valence-electron chi connectivity index (χ0n) is 8.04. The number of halogens is 1. The van der Waals surface area contributed by atoms with Gasteiger partial charge in [0.25, 0.3) is 0 Å². The molecule has 0 heterocycles. The van der Waals surface area contributed by atoms with E-state index in [1.54, 1.807) is 0 Å². The maximum absolute atomic E-state index is 13.5. The number of carboxylic acid groups (broad SMARTS) is 1. The Kier molecular flexibility index (Phi) is 2.47. The summed E-state index contributed by atoms with van der Waals surface area (Å²) in [5.41, 5.74) is 4.52. The Morgan fingerprint density at radius 2 is 2.07 bits per heavy atom. The number of rotatable bonds is 2. The normalized spacial score (nSPS) is 11.4. The van der Waals surface area contributed by atoms with Crippen LogP contribution in [0.1, 0.15) is 29.8 Å². The molecule has 3 nitrogen and oxygen atoms in total. The highest BCUT2D eigenvalue weighted by atomic mass is 19.1. The first-order chi connectivity index (χ1) is 6.32. The van der Waals surface area contributed by atoms with E-state index in [2.05, 4.69) is 0 Å². The standard InChI is InChI=1S/C10H12FNO2/c1-10(2,11)7-4-3-6(9(13)14)5-8(7)12/h3-5H,12H2,1-2H3,(H,13,14). The number of nitrogens with two attached hydrogens (primary N) is 1. The van der Waals surface area contributed by atoms with E-state index in [9.17, 15) is 9.18 Å². The van der Waals surface area contributed by atoms with Crippen molar-refractivity contribution in [3.8, 4) is 0 Å². The second kappa shape index (κ2) is 3.29. The summed E-state index contributed by atoms with van der Waals surface area (Å²) < 4.78 is 13.5. The van der Waals surface area contributed by atoms with Gasteiger partial charge in [0.1, 0.15) is 5.67 Å². The first kappa shape index (κ1) is 10.5. The van der Waals surface area contributed by atoms with Crippen LogP contribution in [0.25, 0.3) is 0 Å². The Hall–Kier alpha value is -1.58. The average Bonchev–Trinajstić information content (AvgIpc) is 2.01. The summed E-state index contributed by atoms with van der Waals surface area (Å²) in [5, 5.41) is 8.65. The lowest BCUT2D eigenvalue weighted by Crippen LogP contribution is -2.13. The van der Waals surface area contributed by atoms with E-state index in [1.165, 1.54) is 32.0 Å². The van der Waals surface area contributed by atoms with Crippen LogP contribution in [0.2, 0.25) is 0 Å². The Morgan fingerprint density at radius 3 is 2.43 bits per heavy atom. The number of hydrogen-bond donors (Lipinski definition) is 2. The van der Waals surface area contributed by atoms with Crippen molar-refractivity contribution in [1.82, 2.24) is 0 Å². The van der Waals surface area contributed by atoms with Gasteiger partial charge in [0.15, 0.2) is 0 Å². The minimum atomic E-state index is -1.55. The summed E-state index contributed by atoms with van der Waals surface area (Å²) in [6.07, 6.45) is 0. The zero-order valence-corrected chi connectivity index (χ0v) is 8.04. The van der Waals surface area contributed by atoms with Gasteiger partial charge in [-0.1, -0.05) is 6.07 Å². The monoisotopic (exact) mass is 197 g/mol. The van der Waals surface area contributed by atoms with E-state index in [1.807, 2.05) is 0 Å². The molecule has 0 unspecified atom stereocenters. The van der Waals surface area contributed by atoms with Crippen LogP contribution in [0.15, 0.2) is 18.2 Å². The van der Waals surface area contributed by atoms with Crippen molar-refractivity contribution >= 4 is 11.7 Å². The summed E-state index contributed by atoms with van der Waals surface area (Å²) >= 11 is 0. The van der Waals surface area contributed by atoms with E-state index in [0.717, 1.165) is 0 Å². The van der Waals surface area contributed by atoms with Gasteiger partial charge >= 0.3 is 5.97 Å². The van der Waals surface area contributed by atoms with Gasteiger partial charge in [-0.3, -0.25) is 0 Å². The van der Waals surface area contributed by atoms with Crippen molar-refractivity contribution in [3.63, 3.8) is 0 Å². The number of nitrogen functional groups attached to an aromatic ring is 1. The minimum Gasteiger partial charge on any atom is -0.478 e. The summed E-state index contributed by atoms with van der Waals surface area (Å²) in [5.74, 6) is -1.07. The fourth-order valence-electron chi connectivity index (χ4n) is 1.24. The predicted molar refractivity (Wildman–Crippen MR) is 51.9 cm³/mol. The lowest BCUT2D eigenvalue weighted by Gasteiger charge is -2.17. The van der Waals surface area contributed by atoms with Gasteiger partial charge in [0.05, 0.1) is 5.56 Å². The quantitative estimate of drug-likeness (QED) is 0.714. The highest BCUT2D eigenvalue weighted by Crippen LogP contribution is 2.29. The van der Waals surface area contributed by atoms with Crippen LogP contribution in [0.4, 0.5) is 10.1 Å². The molecule has 0 atom stereocenters. The molecule has 0 aliphatic carbocycles. The second-order valence-electron chi connectivity index (χ2n) is 3.58. The van der Waals surface area contributed by atoms with Crippen LogP contribution in [0, 0.1) is 0 Å². The summed E-state index contributed by atoms with van der Waals surface area (Å²) in [6, 6.07) is 4.01. The third-order valence-electron chi connectivity index (χ3n) is 1.94. The Morgan fingerprint density at radius 1 is 1.50 bits per heavy atom. The maximum Gasteiger partial charge on any atom is 0.335 e. The van der Waals surface area contributed by atoms with Crippen LogP contribution < -0.4 is 5.73 Å². The van der Waals surface area contributed by atoms with Crippen LogP contribution in [0.3, 0.4) is 0 Å². The largest absolute Gasteiger partial charge is 0.478 e. The van der Waals surface area contributed by atoms with Gasteiger partial charge in [0, 0.05) is 11.3 Å². The molecule has 0 bridgehead atoms. The van der Waals surface area contributed by atoms with Crippen molar-refractivity contribution in [2.24, 2.45) is 0 Å². The van der Waals surface area contributed by atoms with Gasteiger partial charge in [-0.2, -0.15) is 0 Å². The Labute approximate surface area is 81.4 Å². The molecule has 0 aliphatic rings. The van der Waals surface area contributed by atoms with Crippen molar-refractivity contribution in [3.05, 3.63) is 29.3 Å². The number of alkyl halides is 1. The number of anilines is 1. The molecular weight excluding hydrogens is 185 g/mol. The van der Waals surface area contributed by atoms with E-state index in [0.29, 0.717) is 5.56 Å². The molecule has 0 spiro atoms. The summed E-state index contributed by atoms with van der Waals surface area (Å²) in [4.78, 5) is 10.6. The first-order valence-corrected chi connectivity index (χ1v) is 4.14. The molecule has 0 saturated carbocycles. The molecule has 0 aliphatic heterocycles. The van der Waals surface area contributed by atoms with E-state index in [4.69, 9.17) is 10.8 Å². The van der Waals surface area contributed by atoms with Crippen LogP contribution >= 0.6 is 0 Å². The molecule has 1 rings (SSSR count). The van der Waals surface area contributed by atoms with Crippen molar-refractivity contribution < 1.29 is 14.3 Å². The molecule has 4 heteroatoms. The molecular formula is C10H12FNO2. The third-order valence-corrected chi connectivity index (χ3v) is 1.94. The molecule has 1 aromatic rings. The maximum atomic E-state index is 13.5. The highest BCUT2D eigenvalue weighted by Gasteiger charge is 2.22. The summed E-state index contributed by atoms with van der Waals surface area (Å²) in [6.45, 7) is 2.75. The number of carbonyl (C=O) groups is 1. The number of benzene rings is 1. The molecule has 1 aromatic carbocycles. The van der Waals surface area contributed by atoms with Crippen LogP contribution in [0.5, 0.6) is 0 Å². The SMILES string of the molecule is CC(C)(F)c1ccc(C(=O)O)cc1N. The lowest BCUT2D eigenvalue weighted by atomic mass is 9.97. The molecule has 14 heavy (non-hydrogen) atoms. The van der Waals surface area contributed by atoms with Crippen molar-refractivity contribution in [1.29, 1.82) is 0 Å². The predicted octanol–water partition coefficient (Wildman–Crippen LogP) is 2.17. The second-order valence-corrected chi connectivity index (χ2v) is 3.58. The Bertz CT molecular complexity index is 369. The molecule has 3 N–H and O–H groups in total. The number of aromatic carboxylic acids is 1. The fourth-order valence-corrected chi connectivity index (χ4v) is 1.24. The minimum absolute atomic E-state index is 0.0653. The molecule has 0 fully saturated rings. The third kappa shape index (κ3) is 2.02. The molecule has 0 aromatic heterocycles. The molecule has 0 radical (unpaired) electrons. The van der Waals surface area contributed by atoms with E-state index >= 15 is 0 Å². The van der Waals surface area contributed by atoms with Gasteiger partial charge < -0.3 is 10.8 Å². The molecule has 0 saturated heterocycles. The van der Waals surface area contributed by atoms with Gasteiger partial charge in [0.2, 0.25) is 0 Å². The number of hydrogen-bond acceptors (Lipinski definition) is 2. The molecule has 76 valence electrons. The van der Waals surface area contributed by atoms with Crippen LogP contribution in [-0.2, 0) is 5.67 Å². The number of carboxylic acids is 1. The smallest absolute Gasteiger partial charge is 0.335 e.